The van der Waals surface area contributed by atoms with E-state index in [-0.39, 0.29) is 16.8 Å². The molecule has 1 spiro atoms. The molecule has 17 heavy (non-hydrogen) atoms. The fourth-order valence-electron chi connectivity index (χ4n) is 3.11. The summed E-state index contributed by atoms with van der Waals surface area (Å²) in [7, 11) is 2.05. The third-order valence-corrected chi connectivity index (χ3v) is 3.62. The molecule has 2 saturated heterocycles. The SMILES string of the molecule is CN1CC2(C1)CN(c1c(F)cc(N)cc1F)C2. The Morgan fingerprint density at radius 2 is 1.65 bits per heavy atom. The number of rotatable bonds is 1. The molecule has 5 heteroatoms. The Labute approximate surface area is 98.8 Å². The first-order chi connectivity index (χ1) is 7.99. The maximum Gasteiger partial charge on any atom is 0.151 e. The first kappa shape index (κ1) is 10.8. The van der Waals surface area contributed by atoms with Crippen molar-refractivity contribution in [2.75, 3.05) is 43.9 Å². The van der Waals surface area contributed by atoms with Crippen molar-refractivity contribution in [3.8, 4) is 0 Å². The normalized spacial score (nSPS) is 22.4. The van der Waals surface area contributed by atoms with Gasteiger partial charge in [0.2, 0.25) is 0 Å². The van der Waals surface area contributed by atoms with E-state index >= 15 is 0 Å². The minimum atomic E-state index is -0.565. The molecular weight excluding hydrogens is 224 g/mol. The Hall–Kier alpha value is -1.36. The quantitative estimate of drug-likeness (QED) is 0.750. The highest BCUT2D eigenvalue weighted by Gasteiger charge is 2.51. The van der Waals surface area contributed by atoms with Gasteiger partial charge in [-0.1, -0.05) is 0 Å². The number of halogens is 2. The molecule has 0 saturated carbocycles. The van der Waals surface area contributed by atoms with Crippen molar-refractivity contribution < 1.29 is 8.78 Å². The van der Waals surface area contributed by atoms with Gasteiger partial charge in [0.1, 0.15) is 5.69 Å². The third-order valence-electron chi connectivity index (χ3n) is 3.62. The average molecular weight is 239 g/mol. The summed E-state index contributed by atoms with van der Waals surface area (Å²) < 4.78 is 27.3. The lowest BCUT2D eigenvalue weighted by Crippen LogP contribution is -2.71. The Morgan fingerprint density at radius 1 is 1.12 bits per heavy atom. The largest absolute Gasteiger partial charge is 0.399 e. The molecule has 2 N–H and O–H groups in total. The monoisotopic (exact) mass is 239 g/mol. The summed E-state index contributed by atoms with van der Waals surface area (Å²) in [4.78, 5) is 3.98. The van der Waals surface area contributed by atoms with Crippen LogP contribution in [0.1, 0.15) is 0 Å². The Kier molecular flexibility index (Phi) is 2.10. The van der Waals surface area contributed by atoms with E-state index in [1.807, 2.05) is 0 Å². The van der Waals surface area contributed by atoms with Crippen molar-refractivity contribution in [1.29, 1.82) is 0 Å². The molecule has 1 aromatic rings. The smallest absolute Gasteiger partial charge is 0.151 e. The van der Waals surface area contributed by atoms with Crippen molar-refractivity contribution in [1.82, 2.24) is 4.90 Å². The highest BCUT2D eigenvalue weighted by molar-refractivity contribution is 5.58. The van der Waals surface area contributed by atoms with Crippen molar-refractivity contribution >= 4 is 11.4 Å². The lowest BCUT2D eigenvalue weighted by molar-refractivity contribution is -0.00303. The molecule has 0 radical (unpaired) electrons. The van der Waals surface area contributed by atoms with Crippen LogP contribution in [-0.2, 0) is 0 Å². The number of likely N-dealkylation sites (tertiary alicyclic amines) is 1. The van der Waals surface area contributed by atoms with E-state index in [2.05, 4.69) is 11.9 Å². The van der Waals surface area contributed by atoms with Crippen LogP contribution in [0.25, 0.3) is 0 Å². The average Bonchev–Trinajstić information content (AvgIpc) is 2.09. The van der Waals surface area contributed by atoms with Gasteiger partial charge in [0.15, 0.2) is 11.6 Å². The highest BCUT2D eigenvalue weighted by Crippen LogP contribution is 2.42. The minimum Gasteiger partial charge on any atom is -0.399 e. The molecule has 0 unspecified atom stereocenters. The summed E-state index contributed by atoms with van der Waals surface area (Å²) in [5.74, 6) is -1.13. The molecule has 0 aliphatic carbocycles. The molecule has 0 aromatic heterocycles. The van der Waals surface area contributed by atoms with Crippen LogP contribution in [0.4, 0.5) is 20.2 Å². The van der Waals surface area contributed by atoms with Gasteiger partial charge in [0.05, 0.1) is 0 Å². The Balaban J connectivity index is 1.79. The topological polar surface area (TPSA) is 32.5 Å². The van der Waals surface area contributed by atoms with Crippen LogP contribution in [0, 0.1) is 17.0 Å². The molecule has 0 bridgehead atoms. The molecule has 1 aromatic carbocycles. The van der Waals surface area contributed by atoms with E-state index in [0.717, 1.165) is 26.2 Å². The Bertz CT molecular complexity index is 438. The van der Waals surface area contributed by atoms with Crippen LogP contribution in [0.5, 0.6) is 0 Å². The second kappa shape index (κ2) is 3.32. The second-order valence-electron chi connectivity index (χ2n) is 5.36. The zero-order valence-electron chi connectivity index (χ0n) is 9.71. The maximum atomic E-state index is 13.7. The van der Waals surface area contributed by atoms with Crippen LogP contribution in [-0.4, -0.2) is 38.1 Å². The van der Waals surface area contributed by atoms with Crippen molar-refractivity contribution in [2.45, 2.75) is 0 Å². The predicted molar refractivity (Wildman–Crippen MR) is 62.9 cm³/mol. The van der Waals surface area contributed by atoms with Gasteiger partial charge in [0, 0.05) is 37.3 Å². The minimum absolute atomic E-state index is 0.0689. The van der Waals surface area contributed by atoms with E-state index in [1.54, 1.807) is 4.90 Å². The molecule has 92 valence electrons. The lowest BCUT2D eigenvalue weighted by atomic mass is 9.73. The standard InChI is InChI=1S/C12H15F2N3/c1-16-4-12(5-16)6-17(7-12)11-9(13)2-8(15)3-10(11)14/h2-3H,4-7,15H2,1H3. The molecule has 3 nitrogen and oxygen atoms in total. The predicted octanol–water partition coefficient (Wildman–Crippen LogP) is 1.30. The summed E-state index contributed by atoms with van der Waals surface area (Å²) >= 11 is 0. The van der Waals surface area contributed by atoms with Crippen molar-refractivity contribution in [3.05, 3.63) is 23.8 Å². The van der Waals surface area contributed by atoms with Crippen LogP contribution in [0.15, 0.2) is 12.1 Å². The first-order valence-corrected chi connectivity index (χ1v) is 5.67. The lowest BCUT2D eigenvalue weighted by Gasteiger charge is -2.60. The first-order valence-electron chi connectivity index (χ1n) is 5.67. The van der Waals surface area contributed by atoms with E-state index in [1.165, 1.54) is 12.1 Å². The molecule has 3 rings (SSSR count). The van der Waals surface area contributed by atoms with E-state index < -0.39 is 11.6 Å². The van der Waals surface area contributed by atoms with E-state index in [0.29, 0.717) is 0 Å². The number of nitrogens with two attached hydrogens (primary N) is 1. The van der Waals surface area contributed by atoms with Gasteiger partial charge >= 0.3 is 0 Å². The molecular formula is C12H15F2N3. The zero-order chi connectivity index (χ0) is 12.2. The van der Waals surface area contributed by atoms with Gasteiger partial charge in [-0.15, -0.1) is 0 Å². The second-order valence-corrected chi connectivity index (χ2v) is 5.36. The molecule has 0 atom stereocenters. The van der Waals surface area contributed by atoms with Crippen molar-refractivity contribution in [3.63, 3.8) is 0 Å². The molecule has 2 aliphatic heterocycles. The number of anilines is 2. The Morgan fingerprint density at radius 3 is 2.12 bits per heavy atom. The summed E-state index contributed by atoms with van der Waals surface area (Å²) in [6, 6.07) is 2.35. The van der Waals surface area contributed by atoms with E-state index in [4.69, 9.17) is 5.73 Å². The number of nitrogens with zero attached hydrogens (tertiary/aromatic N) is 2. The summed E-state index contributed by atoms with van der Waals surface area (Å²) in [6.45, 7) is 3.49. The number of benzene rings is 1. The van der Waals surface area contributed by atoms with Crippen LogP contribution in [0.2, 0.25) is 0 Å². The number of hydrogen-bond donors (Lipinski definition) is 1. The highest BCUT2D eigenvalue weighted by atomic mass is 19.1. The van der Waals surface area contributed by atoms with Gasteiger partial charge < -0.3 is 15.5 Å². The van der Waals surface area contributed by atoms with Crippen LogP contribution in [0.3, 0.4) is 0 Å². The van der Waals surface area contributed by atoms with Gasteiger partial charge in [0.25, 0.3) is 0 Å². The van der Waals surface area contributed by atoms with Crippen molar-refractivity contribution in [2.24, 2.45) is 5.41 Å². The molecule has 0 amide bonds. The molecule has 2 aliphatic rings. The summed E-state index contributed by atoms with van der Waals surface area (Å²) in [6.07, 6.45) is 0. The fraction of sp³-hybridized carbons (Fsp3) is 0.500. The number of nitrogen functional groups attached to an aromatic ring is 1. The molecule has 2 fully saturated rings. The van der Waals surface area contributed by atoms with Crippen LogP contribution < -0.4 is 10.6 Å². The van der Waals surface area contributed by atoms with Gasteiger partial charge in [-0.25, -0.2) is 8.78 Å². The fourth-order valence-corrected chi connectivity index (χ4v) is 3.11. The third kappa shape index (κ3) is 1.57. The number of hydrogen-bond acceptors (Lipinski definition) is 3. The maximum absolute atomic E-state index is 13.7. The zero-order valence-corrected chi connectivity index (χ0v) is 9.71. The van der Waals surface area contributed by atoms with Gasteiger partial charge in [-0.05, 0) is 19.2 Å². The van der Waals surface area contributed by atoms with Crippen LogP contribution >= 0.6 is 0 Å². The van der Waals surface area contributed by atoms with Gasteiger partial charge in [-0.3, -0.25) is 0 Å². The summed E-state index contributed by atoms with van der Waals surface area (Å²) in [5, 5.41) is 0. The van der Waals surface area contributed by atoms with E-state index in [9.17, 15) is 8.78 Å². The molecule has 2 heterocycles. The summed E-state index contributed by atoms with van der Waals surface area (Å²) in [5.41, 5.74) is 5.85. The van der Waals surface area contributed by atoms with Gasteiger partial charge in [-0.2, -0.15) is 0 Å².